The quantitative estimate of drug-likeness (QED) is 0.494. The van der Waals surface area contributed by atoms with Crippen LogP contribution in [0.2, 0.25) is 0 Å². The van der Waals surface area contributed by atoms with E-state index < -0.39 is 11.8 Å². The largest absolute Gasteiger partial charge is 0.360 e. The molecule has 4 aromatic rings. The zero-order chi connectivity index (χ0) is 17.2. The average Bonchev–Trinajstić information content (AvgIpc) is 3.38. The van der Waals surface area contributed by atoms with Crippen LogP contribution in [-0.4, -0.2) is 22.0 Å². The summed E-state index contributed by atoms with van der Waals surface area (Å²) in [6, 6.07) is 12.7. The summed E-state index contributed by atoms with van der Waals surface area (Å²) in [6.45, 7) is 0. The maximum Gasteiger partial charge on any atom is 0.291 e. The Hall–Kier alpha value is -3.39. The standard InChI is InChI=1S/C17H12N4O3S/c22-16(11-9-18-12-5-2-1-4-10(11)12)19-20-17(23)13-8-14(24-21-13)15-6-3-7-25-15/h1-9,18H,(H,19,22)(H,20,23). The second-order valence-electron chi connectivity index (χ2n) is 5.21. The molecule has 0 fully saturated rings. The topological polar surface area (TPSA) is 100 Å². The summed E-state index contributed by atoms with van der Waals surface area (Å²) in [5.41, 5.74) is 6.09. The highest BCUT2D eigenvalue weighted by molar-refractivity contribution is 7.13. The van der Waals surface area contributed by atoms with E-state index in [1.165, 1.54) is 17.4 Å². The summed E-state index contributed by atoms with van der Waals surface area (Å²) in [5.74, 6) is -0.476. The molecule has 25 heavy (non-hydrogen) atoms. The molecule has 0 radical (unpaired) electrons. The van der Waals surface area contributed by atoms with Gasteiger partial charge in [-0.2, -0.15) is 0 Å². The number of amides is 2. The smallest absolute Gasteiger partial charge is 0.291 e. The molecule has 0 bridgehead atoms. The third kappa shape index (κ3) is 2.90. The first-order valence-electron chi connectivity index (χ1n) is 7.40. The van der Waals surface area contributed by atoms with Gasteiger partial charge in [-0.1, -0.05) is 29.4 Å². The van der Waals surface area contributed by atoms with E-state index in [1.54, 1.807) is 6.20 Å². The fourth-order valence-electron chi connectivity index (χ4n) is 2.42. The molecule has 7 nitrogen and oxygen atoms in total. The molecular formula is C17H12N4O3S. The van der Waals surface area contributed by atoms with Crippen molar-refractivity contribution in [1.29, 1.82) is 0 Å². The van der Waals surface area contributed by atoms with Gasteiger partial charge in [0.2, 0.25) is 0 Å². The van der Waals surface area contributed by atoms with Gasteiger partial charge in [0.15, 0.2) is 11.5 Å². The number of H-pyrrole nitrogens is 1. The molecule has 1 aromatic carbocycles. The second-order valence-corrected chi connectivity index (χ2v) is 6.16. The van der Waals surface area contributed by atoms with Gasteiger partial charge >= 0.3 is 0 Å². The number of carbonyl (C=O) groups excluding carboxylic acids is 2. The second kappa shape index (κ2) is 6.25. The Morgan fingerprint density at radius 2 is 1.92 bits per heavy atom. The highest BCUT2D eigenvalue weighted by Crippen LogP contribution is 2.25. The summed E-state index contributed by atoms with van der Waals surface area (Å²) in [4.78, 5) is 28.2. The van der Waals surface area contributed by atoms with Gasteiger partial charge in [-0.15, -0.1) is 11.3 Å². The van der Waals surface area contributed by atoms with E-state index in [0.717, 1.165) is 15.8 Å². The molecule has 0 saturated heterocycles. The fourth-order valence-corrected chi connectivity index (χ4v) is 3.09. The lowest BCUT2D eigenvalue weighted by molar-refractivity contribution is 0.0842. The number of nitrogens with zero attached hydrogens (tertiary/aromatic N) is 1. The lowest BCUT2D eigenvalue weighted by Crippen LogP contribution is -2.41. The number of benzene rings is 1. The average molecular weight is 352 g/mol. The van der Waals surface area contributed by atoms with E-state index >= 15 is 0 Å². The Balaban J connectivity index is 1.44. The molecule has 3 N–H and O–H groups in total. The molecule has 3 aromatic heterocycles. The van der Waals surface area contributed by atoms with Crippen molar-refractivity contribution in [2.45, 2.75) is 0 Å². The Kier molecular flexibility index (Phi) is 3.79. The lowest BCUT2D eigenvalue weighted by atomic mass is 10.2. The van der Waals surface area contributed by atoms with Crippen LogP contribution in [0.4, 0.5) is 0 Å². The molecule has 4 rings (SSSR count). The van der Waals surface area contributed by atoms with Crippen LogP contribution in [0.25, 0.3) is 21.5 Å². The normalized spacial score (nSPS) is 10.7. The summed E-state index contributed by atoms with van der Waals surface area (Å²) in [7, 11) is 0. The summed E-state index contributed by atoms with van der Waals surface area (Å²) in [5, 5.41) is 6.40. The predicted octanol–water partition coefficient (Wildman–Crippen LogP) is 2.96. The van der Waals surface area contributed by atoms with Crippen LogP contribution < -0.4 is 10.9 Å². The van der Waals surface area contributed by atoms with Crippen molar-refractivity contribution in [3.05, 3.63) is 65.3 Å². The summed E-state index contributed by atoms with van der Waals surface area (Å²) < 4.78 is 5.15. The lowest BCUT2D eigenvalue weighted by Gasteiger charge is -2.04. The first-order valence-corrected chi connectivity index (χ1v) is 8.28. The highest BCUT2D eigenvalue weighted by atomic mass is 32.1. The molecule has 3 heterocycles. The molecule has 124 valence electrons. The molecular weight excluding hydrogens is 340 g/mol. The van der Waals surface area contributed by atoms with Crippen LogP contribution in [0.1, 0.15) is 20.8 Å². The Morgan fingerprint density at radius 1 is 1.08 bits per heavy atom. The minimum Gasteiger partial charge on any atom is -0.360 e. The molecule has 0 aliphatic heterocycles. The number of hydrogen-bond donors (Lipinski definition) is 3. The van der Waals surface area contributed by atoms with Crippen LogP contribution in [-0.2, 0) is 0 Å². The van der Waals surface area contributed by atoms with Gasteiger partial charge < -0.3 is 9.51 Å². The molecule has 0 saturated carbocycles. The monoisotopic (exact) mass is 352 g/mol. The number of carbonyl (C=O) groups is 2. The molecule has 0 spiro atoms. The van der Waals surface area contributed by atoms with E-state index in [-0.39, 0.29) is 5.69 Å². The predicted molar refractivity (Wildman–Crippen MR) is 93.0 cm³/mol. The van der Waals surface area contributed by atoms with Gasteiger partial charge in [-0.25, -0.2) is 0 Å². The molecule has 0 aliphatic carbocycles. The first-order chi connectivity index (χ1) is 12.2. The van der Waals surface area contributed by atoms with E-state index in [1.807, 2.05) is 41.8 Å². The molecule has 2 amide bonds. The van der Waals surface area contributed by atoms with E-state index in [2.05, 4.69) is 21.0 Å². The van der Waals surface area contributed by atoms with Crippen LogP contribution in [0.5, 0.6) is 0 Å². The van der Waals surface area contributed by atoms with Gasteiger partial charge in [0.1, 0.15) is 0 Å². The minimum absolute atomic E-state index is 0.0858. The maximum absolute atomic E-state index is 12.3. The van der Waals surface area contributed by atoms with Crippen molar-refractivity contribution < 1.29 is 14.1 Å². The van der Waals surface area contributed by atoms with Gasteiger partial charge in [0.05, 0.1) is 10.4 Å². The Bertz CT molecular complexity index is 1050. The van der Waals surface area contributed by atoms with Gasteiger partial charge in [0.25, 0.3) is 11.8 Å². The molecule has 8 heteroatoms. The third-order valence-electron chi connectivity index (χ3n) is 3.63. The van der Waals surface area contributed by atoms with Crippen molar-refractivity contribution in [2.75, 3.05) is 0 Å². The van der Waals surface area contributed by atoms with Gasteiger partial charge in [0, 0.05) is 23.2 Å². The number of aromatic amines is 1. The van der Waals surface area contributed by atoms with Crippen molar-refractivity contribution in [3.8, 4) is 10.6 Å². The number of thiophene rings is 1. The van der Waals surface area contributed by atoms with E-state index in [4.69, 9.17) is 4.52 Å². The van der Waals surface area contributed by atoms with E-state index in [0.29, 0.717) is 11.3 Å². The number of hydrazine groups is 1. The Labute approximate surface area is 145 Å². The van der Waals surface area contributed by atoms with Crippen molar-refractivity contribution in [1.82, 2.24) is 21.0 Å². The zero-order valence-corrected chi connectivity index (χ0v) is 13.6. The fraction of sp³-hybridized carbons (Fsp3) is 0. The van der Waals surface area contributed by atoms with Crippen LogP contribution >= 0.6 is 11.3 Å². The number of fused-ring (bicyclic) bond motifs is 1. The number of nitrogens with one attached hydrogen (secondary N) is 3. The maximum atomic E-state index is 12.3. The summed E-state index contributed by atoms with van der Waals surface area (Å²) in [6.07, 6.45) is 1.59. The van der Waals surface area contributed by atoms with Crippen molar-refractivity contribution >= 4 is 34.1 Å². The van der Waals surface area contributed by atoms with Crippen molar-refractivity contribution in [2.24, 2.45) is 0 Å². The zero-order valence-electron chi connectivity index (χ0n) is 12.8. The molecule has 0 aliphatic rings. The number of hydrogen-bond acceptors (Lipinski definition) is 5. The first kappa shape index (κ1) is 15.2. The van der Waals surface area contributed by atoms with Crippen LogP contribution in [0, 0.1) is 0 Å². The van der Waals surface area contributed by atoms with Crippen LogP contribution in [0.15, 0.2) is 58.6 Å². The molecule has 0 unspecified atom stereocenters. The SMILES string of the molecule is O=C(NNC(=O)c1c[nH]c2ccccc12)c1cc(-c2cccs2)on1. The van der Waals surface area contributed by atoms with Crippen molar-refractivity contribution in [3.63, 3.8) is 0 Å². The summed E-state index contributed by atoms with van der Waals surface area (Å²) >= 11 is 1.48. The highest BCUT2D eigenvalue weighted by Gasteiger charge is 2.16. The van der Waals surface area contributed by atoms with Gasteiger partial charge in [-0.05, 0) is 17.5 Å². The van der Waals surface area contributed by atoms with E-state index in [9.17, 15) is 9.59 Å². The van der Waals surface area contributed by atoms with Gasteiger partial charge in [-0.3, -0.25) is 20.4 Å². The molecule has 0 atom stereocenters. The Morgan fingerprint density at radius 3 is 2.76 bits per heavy atom. The number of aromatic nitrogens is 2. The number of rotatable bonds is 3. The third-order valence-corrected chi connectivity index (χ3v) is 4.51. The van der Waals surface area contributed by atoms with Crippen LogP contribution in [0.3, 0.4) is 0 Å². The number of para-hydroxylation sites is 1. The minimum atomic E-state index is -0.556.